The third-order valence-corrected chi connectivity index (χ3v) is 3.58. The lowest BCUT2D eigenvalue weighted by atomic mass is 9.86. The van der Waals surface area contributed by atoms with Crippen LogP contribution in [0.4, 0.5) is 13.2 Å². The summed E-state index contributed by atoms with van der Waals surface area (Å²) in [6.07, 6.45) is -2.24. The van der Waals surface area contributed by atoms with Crippen molar-refractivity contribution in [2.24, 2.45) is 5.92 Å². The second-order valence-corrected chi connectivity index (χ2v) is 4.72. The Hall–Kier alpha value is -1.92. The topological polar surface area (TPSA) is 50.3 Å². The standard InChI is InChI=1S/C13H13F3N2O2/c14-13(15,16)9-3-5-18(8-20)12(6-9)10-2-1-4-17-11(10)7-19/h1-2,4,7-9,12H,3,5-6H2. The molecule has 4 nitrogen and oxygen atoms in total. The number of carbonyl (C=O) groups excluding carboxylic acids is 2. The van der Waals surface area contributed by atoms with Crippen molar-refractivity contribution < 1.29 is 22.8 Å². The molecule has 1 amide bonds. The molecule has 108 valence electrons. The molecule has 1 saturated heterocycles. The summed E-state index contributed by atoms with van der Waals surface area (Å²) < 4.78 is 38.6. The number of halogens is 3. The van der Waals surface area contributed by atoms with Crippen LogP contribution in [0.2, 0.25) is 0 Å². The number of carbonyl (C=O) groups is 2. The van der Waals surface area contributed by atoms with Gasteiger partial charge < -0.3 is 4.90 Å². The molecule has 1 aromatic rings. The second-order valence-electron chi connectivity index (χ2n) is 4.72. The highest BCUT2D eigenvalue weighted by Crippen LogP contribution is 2.41. The molecular weight excluding hydrogens is 273 g/mol. The first-order valence-electron chi connectivity index (χ1n) is 6.15. The number of nitrogens with zero attached hydrogens (tertiary/aromatic N) is 2. The summed E-state index contributed by atoms with van der Waals surface area (Å²) in [4.78, 5) is 27.1. The van der Waals surface area contributed by atoms with Gasteiger partial charge in [-0.2, -0.15) is 13.2 Å². The van der Waals surface area contributed by atoms with Crippen LogP contribution < -0.4 is 0 Å². The molecule has 1 aliphatic rings. The van der Waals surface area contributed by atoms with Crippen LogP contribution in [-0.4, -0.2) is 35.3 Å². The Morgan fingerprint density at radius 3 is 2.70 bits per heavy atom. The third-order valence-electron chi connectivity index (χ3n) is 3.58. The van der Waals surface area contributed by atoms with Crippen LogP contribution in [0.1, 0.15) is 34.9 Å². The molecule has 0 spiro atoms. The van der Waals surface area contributed by atoms with Gasteiger partial charge in [0.25, 0.3) is 0 Å². The minimum Gasteiger partial charge on any atom is -0.338 e. The first kappa shape index (κ1) is 14.5. The van der Waals surface area contributed by atoms with E-state index < -0.39 is 18.1 Å². The first-order chi connectivity index (χ1) is 9.47. The second kappa shape index (κ2) is 5.60. The van der Waals surface area contributed by atoms with Crippen LogP contribution in [0, 0.1) is 5.92 Å². The molecule has 0 aromatic carbocycles. The molecule has 0 N–H and O–H groups in total. The zero-order chi connectivity index (χ0) is 14.8. The summed E-state index contributed by atoms with van der Waals surface area (Å²) in [5.41, 5.74) is 0.440. The monoisotopic (exact) mass is 286 g/mol. The highest BCUT2D eigenvalue weighted by Gasteiger charge is 2.44. The number of pyridine rings is 1. The smallest absolute Gasteiger partial charge is 0.338 e. The molecule has 2 atom stereocenters. The van der Waals surface area contributed by atoms with Crippen molar-refractivity contribution in [1.82, 2.24) is 9.88 Å². The number of aldehydes is 1. The van der Waals surface area contributed by atoms with Crippen LogP contribution in [0.25, 0.3) is 0 Å². The first-order valence-corrected chi connectivity index (χ1v) is 6.15. The van der Waals surface area contributed by atoms with E-state index in [0.29, 0.717) is 18.3 Å². The van der Waals surface area contributed by atoms with Crippen LogP contribution in [-0.2, 0) is 4.79 Å². The van der Waals surface area contributed by atoms with E-state index >= 15 is 0 Å². The molecule has 2 rings (SSSR count). The van der Waals surface area contributed by atoms with Gasteiger partial charge in [0, 0.05) is 18.3 Å². The van der Waals surface area contributed by atoms with E-state index in [9.17, 15) is 22.8 Å². The lowest BCUT2D eigenvalue weighted by Gasteiger charge is -2.38. The van der Waals surface area contributed by atoms with E-state index in [0.717, 1.165) is 0 Å². The maximum absolute atomic E-state index is 12.9. The van der Waals surface area contributed by atoms with Crippen molar-refractivity contribution in [3.05, 3.63) is 29.6 Å². The lowest BCUT2D eigenvalue weighted by molar-refractivity contribution is -0.190. The maximum Gasteiger partial charge on any atom is 0.391 e. The molecular formula is C13H13F3N2O2. The molecule has 1 aromatic heterocycles. The van der Waals surface area contributed by atoms with Gasteiger partial charge >= 0.3 is 6.18 Å². The van der Waals surface area contributed by atoms with E-state index in [2.05, 4.69) is 4.98 Å². The van der Waals surface area contributed by atoms with Crippen molar-refractivity contribution in [3.63, 3.8) is 0 Å². The van der Waals surface area contributed by atoms with Gasteiger partial charge in [-0.15, -0.1) is 0 Å². The van der Waals surface area contributed by atoms with Crippen LogP contribution >= 0.6 is 0 Å². The van der Waals surface area contributed by atoms with Gasteiger partial charge in [-0.3, -0.25) is 14.6 Å². The Labute approximate surface area is 113 Å². The highest BCUT2D eigenvalue weighted by molar-refractivity contribution is 5.74. The van der Waals surface area contributed by atoms with E-state index in [1.807, 2.05) is 0 Å². The molecule has 2 heterocycles. The fraction of sp³-hybridized carbons (Fsp3) is 0.462. The Morgan fingerprint density at radius 2 is 2.10 bits per heavy atom. The van der Waals surface area contributed by atoms with Gasteiger partial charge in [0.15, 0.2) is 6.29 Å². The van der Waals surface area contributed by atoms with Gasteiger partial charge in [-0.05, 0) is 18.9 Å². The quantitative estimate of drug-likeness (QED) is 0.801. The van der Waals surface area contributed by atoms with Crippen molar-refractivity contribution in [3.8, 4) is 0 Å². The molecule has 1 fully saturated rings. The minimum absolute atomic E-state index is 0.0194. The number of likely N-dealkylation sites (tertiary alicyclic amines) is 1. The molecule has 2 unspecified atom stereocenters. The van der Waals surface area contributed by atoms with Gasteiger partial charge in [0.05, 0.1) is 12.0 Å². The number of rotatable bonds is 3. The Bertz CT molecular complexity index is 505. The summed E-state index contributed by atoms with van der Waals surface area (Å²) in [6, 6.07) is 2.32. The summed E-state index contributed by atoms with van der Waals surface area (Å²) in [7, 11) is 0. The Balaban J connectivity index is 2.34. The number of hydrogen-bond donors (Lipinski definition) is 0. The highest BCUT2D eigenvalue weighted by atomic mass is 19.4. The van der Waals surface area contributed by atoms with Crippen LogP contribution in [0.15, 0.2) is 18.3 Å². The van der Waals surface area contributed by atoms with Crippen LogP contribution in [0.3, 0.4) is 0 Å². The average Bonchev–Trinajstić information content (AvgIpc) is 2.45. The fourth-order valence-electron chi connectivity index (χ4n) is 2.52. The van der Waals surface area contributed by atoms with E-state index in [-0.39, 0.29) is 25.1 Å². The molecule has 7 heteroatoms. The predicted molar refractivity (Wildman–Crippen MR) is 63.9 cm³/mol. The fourth-order valence-corrected chi connectivity index (χ4v) is 2.52. The normalized spacial score (nSPS) is 23.4. The number of amides is 1. The molecule has 0 bridgehead atoms. The van der Waals surface area contributed by atoms with Gasteiger partial charge in [-0.25, -0.2) is 0 Å². The number of aromatic nitrogens is 1. The molecule has 0 radical (unpaired) electrons. The van der Waals surface area contributed by atoms with Crippen molar-refractivity contribution >= 4 is 12.7 Å². The van der Waals surface area contributed by atoms with Crippen molar-refractivity contribution in [2.75, 3.05) is 6.54 Å². The number of piperidine rings is 1. The summed E-state index contributed by atoms with van der Waals surface area (Å²) >= 11 is 0. The molecule has 0 aliphatic carbocycles. The SMILES string of the molecule is O=Cc1ncccc1C1CC(C(F)(F)F)CCN1C=O. The van der Waals surface area contributed by atoms with Crippen LogP contribution in [0.5, 0.6) is 0 Å². The zero-order valence-corrected chi connectivity index (χ0v) is 10.5. The molecule has 1 aliphatic heterocycles. The molecule has 20 heavy (non-hydrogen) atoms. The summed E-state index contributed by atoms with van der Waals surface area (Å²) in [6.45, 7) is 0.0194. The zero-order valence-electron chi connectivity index (χ0n) is 10.5. The largest absolute Gasteiger partial charge is 0.391 e. The van der Waals surface area contributed by atoms with Gasteiger partial charge in [0.2, 0.25) is 6.41 Å². The summed E-state index contributed by atoms with van der Waals surface area (Å²) in [5.74, 6) is -1.47. The maximum atomic E-state index is 12.9. The Kier molecular flexibility index (Phi) is 4.06. The van der Waals surface area contributed by atoms with Crippen molar-refractivity contribution in [2.45, 2.75) is 25.1 Å². The lowest BCUT2D eigenvalue weighted by Crippen LogP contribution is -2.41. The van der Waals surface area contributed by atoms with E-state index in [1.54, 1.807) is 6.07 Å². The van der Waals surface area contributed by atoms with Gasteiger partial charge in [0.1, 0.15) is 5.69 Å². The average molecular weight is 286 g/mol. The number of hydrogen-bond acceptors (Lipinski definition) is 3. The molecule has 0 saturated carbocycles. The van der Waals surface area contributed by atoms with Gasteiger partial charge in [-0.1, -0.05) is 6.07 Å². The Morgan fingerprint density at radius 1 is 1.35 bits per heavy atom. The van der Waals surface area contributed by atoms with E-state index in [4.69, 9.17) is 0 Å². The predicted octanol–water partition coefficient (Wildman–Crippen LogP) is 2.37. The summed E-state index contributed by atoms with van der Waals surface area (Å²) in [5, 5.41) is 0. The number of alkyl halides is 3. The minimum atomic E-state index is -4.29. The third kappa shape index (κ3) is 2.81. The van der Waals surface area contributed by atoms with E-state index in [1.165, 1.54) is 17.2 Å². The van der Waals surface area contributed by atoms with Crippen molar-refractivity contribution in [1.29, 1.82) is 0 Å².